The lowest BCUT2D eigenvalue weighted by atomic mass is 9.77. The highest BCUT2D eigenvalue weighted by Gasteiger charge is 2.52. The molecule has 0 aromatic heterocycles. The van der Waals surface area contributed by atoms with Gasteiger partial charge in [-0.3, -0.25) is 4.79 Å². The van der Waals surface area contributed by atoms with E-state index in [0.717, 1.165) is 0 Å². The van der Waals surface area contributed by atoms with Crippen LogP contribution in [0.4, 0.5) is 0 Å². The zero-order valence-corrected chi connectivity index (χ0v) is 9.68. The molecule has 1 aliphatic rings. The van der Waals surface area contributed by atoms with Crippen LogP contribution >= 0.6 is 0 Å². The van der Waals surface area contributed by atoms with Gasteiger partial charge in [0.1, 0.15) is 5.75 Å². The first-order valence-corrected chi connectivity index (χ1v) is 5.62. The van der Waals surface area contributed by atoms with Crippen molar-refractivity contribution >= 4 is 5.97 Å². The Labute approximate surface area is 99.5 Å². The quantitative estimate of drug-likeness (QED) is 0.729. The highest BCUT2D eigenvalue weighted by atomic mass is 16.4. The first kappa shape index (κ1) is 11.9. The third-order valence-electron chi connectivity index (χ3n) is 3.60. The topological polar surface area (TPSA) is 77.8 Å². The Kier molecular flexibility index (Phi) is 2.62. The smallest absolute Gasteiger partial charge is 0.314 e. The van der Waals surface area contributed by atoms with Gasteiger partial charge in [-0.2, -0.15) is 0 Å². The lowest BCUT2D eigenvalue weighted by Gasteiger charge is -2.27. The van der Waals surface area contributed by atoms with Crippen molar-refractivity contribution in [2.75, 3.05) is 0 Å². The minimum absolute atomic E-state index is 0.0207. The molecule has 92 valence electrons. The van der Waals surface area contributed by atoms with Crippen molar-refractivity contribution in [3.63, 3.8) is 0 Å². The van der Waals surface area contributed by atoms with Gasteiger partial charge >= 0.3 is 5.97 Å². The first-order valence-electron chi connectivity index (χ1n) is 5.62. The molecule has 0 radical (unpaired) electrons. The molecule has 0 spiro atoms. The standard InChI is InChI=1S/C13H16O4/c1-12(17)6-7-13(8-12,11(15)16)9-4-2-3-5-10(9)14/h2-5,14,17H,6-8H2,1H3,(H,15,16). The average molecular weight is 236 g/mol. The van der Waals surface area contributed by atoms with E-state index in [1.54, 1.807) is 25.1 Å². The summed E-state index contributed by atoms with van der Waals surface area (Å²) in [6.45, 7) is 1.64. The number of benzene rings is 1. The van der Waals surface area contributed by atoms with Gasteiger partial charge in [-0.1, -0.05) is 18.2 Å². The molecule has 0 heterocycles. The van der Waals surface area contributed by atoms with Gasteiger partial charge in [-0.05, 0) is 32.3 Å². The van der Waals surface area contributed by atoms with Crippen LogP contribution in [-0.2, 0) is 10.2 Å². The van der Waals surface area contributed by atoms with Crippen LogP contribution in [0.2, 0.25) is 0 Å². The summed E-state index contributed by atoms with van der Waals surface area (Å²) in [7, 11) is 0. The molecule has 0 aliphatic heterocycles. The van der Waals surface area contributed by atoms with Crippen LogP contribution in [0.25, 0.3) is 0 Å². The number of aliphatic hydroxyl groups is 1. The number of phenolic OH excluding ortho intramolecular Hbond substituents is 1. The Bertz CT molecular complexity index is 452. The van der Waals surface area contributed by atoms with Crippen molar-refractivity contribution in [1.29, 1.82) is 0 Å². The van der Waals surface area contributed by atoms with E-state index in [4.69, 9.17) is 0 Å². The first-order chi connectivity index (χ1) is 7.87. The lowest BCUT2D eigenvalue weighted by molar-refractivity contribution is -0.144. The third kappa shape index (κ3) is 1.89. The van der Waals surface area contributed by atoms with Gasteiger partial charge in [0, 0.05) is 5.56 Å². The normalized spacial score (nSPS) is 32.6. The van der Waals surface area contributed by atoms with E-state index in [9.17, 15) is 20.1 Å². The van der Waals surface area contributed by atoms with E-state index in [2.05, 4.69) is 0 Å². The van der Waals surface area contributed by atoms with Gasteiger partial charge in [0.15, 0.2) is 0 Å². The molecule has 1 aliphatic carbocycles. The average Bonchev–Trinajstić information content (AvgIpc) is 2.56. The van der Waals surface area contributed by atoms with Gasteiger partial charge in [0.2, 0.25) is 0 Å². The molecular weight excluding hydrogens is 220 g/mol. The molecule has 2 rings (SSSR count). The fourth-order valence-corrected chi connectivity index (χ4v) is 2.72. The van der Waals surface area contributed by atoms with Gasteiger partial charge < -0.3 is 15.3 Å². The molecule has 0 amide bonds. The molecule has 4 nitrogen and oxygen atoms in total. The summed E-state index contributed by atoms with van der Waals surface area (Å²) < 4.78 is 0. The van der Waals surface area contributed by atoms with Gasteiger partial charge in [0.05, 0.1) is 11.0 Å². The largest absolute Gasteiger partial charge is 0.508 e. The fraction of sp³-hybridized carbons (Fsp3) is 0.462. The second-order valence-corrected chi connectivity index (χ2v) is 5.08. The van der Waals surface area contributed by atoms with Gasteiger partial charge in [0.25, 0.3) is 0 Å². The molecule has 0 bridgehead atoms. The van der Waals surface area contributed by atoms with Crippen LogP contribution in [0.3, 0.4) is 0 Å². The summed E-state index contributed by atoms with van der Waals surface area (Å²) in [6, 6.07) is 6.45. The molecule has 1 aromatic rings. The van der Waals surface area contributed by atoms with Crippen LogP contribution in [-0.4, -0.2) is 26.9 Å². The number of carboxylic acids is 1. The molecule has 2 unspecified atom stereocenters. The number of rotatable bonds is 2. The summed E-state index contributed by atoms with van der Waals surface area (Å²) >= 11 is 0. The maximum atomic E-state index is 11.5. The van der Waals surface area contributed by atoms with E-state index in [-0.39, 0.29) is 12.2 Å². The van der Waals surface area contributed by atoms with Crippen molar-refractivity contribution in [1.82, 2.24) is 0 Å². The van der Waals surface area contributed by atoms with E-state index in [1.807, 2.05) is 0 Å². The number of aliphatic carboxylic acids is 1. The fourth-order valence-electron chi connectivity index (χ4n) is 2.72. The Morgan fingerprint density at radius 3 is 2.41 bits per heavy atom. The summed E-state index contributed by atoms with van der Waals surface area (Å²) in [4.78, 5) is 11.5. The van der Waals surface area contributed by atoms with Crippen LogP contribution in [0.5, 0.6) is 5.75 Å². The maximum Gasteiger partial charge on any atom is 0.314 e. The number of carbonyl (C=O) groups is 1. The Morgan fingerprint density at radius 1 is 1.29 bits per heavy atom. The summed E-state index contributed by atoms with van der Waals surface area (Å²) in [5.74, 6) is -1.01. The van der Waals surface area contributed by atoms with Crippen LogP contribution < -0.4 is 0 Å². The van der Waals surface area contributed by atoms with E-state index in [1.165, 1.54) is 6.07 Å². The summed E-state index contributed by atoms with van der Waals surface area (Å²) in [5.41, 5.74) is -1.76. The van der Waals surface area contributed by atoms with E-state index < -0.39 is 17.0 Å². The molecule has 1 saturated carbocycles. The van der Waals surface area contributed by atoms with Crippen LogP contribution in [0, 0.1) is 0 Å². The highest BCUT2D eigenvalue weighted by molar-refractivity contribution is 5.83. The molecular formula is C13H16O4. The summed E-state index contributed by atoms with van der Waals surface area (Å²) in [5, 5.41) is 29.2. The summed E-state index contributed by atoms with van der Waals surface area (Å²) in [6.07, 6.45) is 0.896. The number of carboxylic acid groups (broad SMARTS) is 1. The molecule has 3 N–H and O–H groups in total. The SMILES string of the molecule is CC1(O)CCC(C(=O)O)(c2ccccc2O)C1. The number of para-hydroxylation sites is 1. The Morgan fingerprint density at radius 2 is 1.94 bits per heavy atom. The molecule has 4 heteroatoms. The molecule has 1 aromatic carbocycles. The minimum atomic E-state index is -1.17. The second-order valence-electron chi connectivity index (χ2n) is 5.08. The van der Waals surface area contributed by atoms with Crippen molar-refractivity contribution in [3.05, 3.63) is 29.8 Å². The molecule has 1 fully saturated rings. The van der Waals surface area contributed by atoms with Crippen LogP contribution in [0.15, 0.2) is 24.3 Å². The Hall–Kier alpha value is -1.55. The number of aromatic hydroxyl groups is 1. The zero-order valence-electron chi connectivity index (χ0n) is 9.68. The van der Waals surface area contributed by atoms with Gasteiger partial charge in [-0.25, -0.2) is 0 Å². The van der Waals surface area contributed by atoms with E-state index >= 15 is 0 Å². The minimum Gasteiger partial charge on any atom is -0.508 e. The van der Waals surface area contributed by atoms with Gasteiger partial charge in [-0.15, -0.1) is 0 Å². The number of hydrogen-bond donors (Lipinski definition) is 3. The second kappa shape index (κ2) is 3.74. The Balaban J connectivity index is 2.51. The monoisotopic (exact) mass is 236 g/mol. The van der Waals surface area contributed by atoms with Crippen molar-refractivity contribution in [3.8, 4) is 5.75 Å². The lowest BCUT2D eigenvalue weighted by Crippen LogP contribution is -2.35. The van der Waals surface area contributed by atoms with Crippen molar-refractivity contribution in [2.24, 2.45) is 0 Å². The maximum absolute atomic E-state index is 11.5. The molecule has 17 heavy (non-hydrogen) atoms. The number of phenols is 1. The zero-order chi connectivity index (χ0) is 12.7. The van der Waals surface area contributed by atoms with Crippen molar-refractivity contribution < 1.29 is 20.1 Å². The third-order valence-corrected chi connectivity index (χ3v) is 3.60. The predicted molar refractivity (Wildman–Crippen MR) is 61.9 cm³/mol. The van der Waals surface area contributed by atoms with Crippen LogP contribution in [0.1, 0.15) is 31.7 Å². The van der Waals surface area contributed by atoms with E-state index in [0.29, 0.717) is 18.4 Å². The molecule has 2 atom stereocenters. The highest BCUT2D eigenvalue weighted by Crippen LogP contribution is 2.48. The number of hydrogen-bond acceptors (Lipinski definition) is 3. The van der Waals surface area contributed by atoms with Crippen molar-refractivity contribution in [2.45, 2.75) is 37.2 Å². The predicted octanol–water partition coefficient (Wildman–Crippen LogP) is 1.65. The molecule has 0 saturated heterocycles.